The highest BCUT2D eigenvalue weighted by Crippen LogP contribution is 2.29. The van der Waals surface area contributed by atoms with E-state index in [1.165, 1.54) is 12.1 Å². The molecule has 3 nitrogen and oxygen atoms in total. The van der Waals surface area contributed by atoms with Gasteiger partial charge in [0.15, 0.2) is 0 Å². The Labute approximate surface area is 121 Å². The van der Waals surface area contributed by atoms with Crippen molar-refractivity contribution >= 4 is 27.5 Å². The van der Waals surface area contributed by atoms with Gasteiger partial charge in [0.05, 0.1) is 11.2 Å². The van der Waals surface area contributed by atoms with Gasteiger partial charge in [-0.05, 0) is 59.9 Å². The number of carbonyl (C=O) groups is 1. The normalized spacial score (nSPS) is 22.5. The smallest absolute Gasteiger partial charge is 0.244 e. The Morgan fingerprint density at radius 3 is 3.00 bits per heavy atom. The van der Waals surface area contributed by atoms with Crippen molar-refractivity contribution < 1.29 is 9.18 Å². The molecule has 1 saturated heterocycles. The quantitative estimate of drug-likeness (QED) is 0.888. The fraction of sp³-hybridized carbons (Fsp3) is 0.500. The highest BCUT2D eigenvalue weighted by atomic mass is 79.9. The molecule has 5 heteroatoms. The largest absolute Gasteiger partial charge is 0.323 e. The minimum Gasteiger partial charge on any atom is -0.323 e. The second-order valence-corrected chi connectivity index (χ2v) is 5.80. The third-order valence-electron chi connectivity index (χ3n) is 3.53. The standard InChI is InChI=1S/C14H18BrFN2O/c1-2-6-14(7-3-8-17-14)13(19)18-12-9-10(16)4-5-11(12)15/h4-5,9,17H,2-3,6-8H2,1H3,(H,18,19). The molecule has 19 heavy (non-hydrogen) atoms. The summed E-state index contributed by atoms with van der Waals surface area (Å²) in [5.41, 5.74) is -0.0188. The van der Waals surface area contributed by atoms with Gasteiger partial charge in [0.1, 0.15) is 5.82 Å². The maximum atomic E-state index is 13.2. The van der Waals surface area contributed by atoms with Crippen LogP contribution in [-0.4, -0.2) is 18.0 Å². The number of nitrogens with one attached hydrogen (secondary N) is 2. The van der Waals surface area contributed by atoms with E-state index in [2.05, 4.69) is 33.5 Å². The molecular weight excluding hydrogens is 311 g/mol. The molecule has 1 fully saturated rings. The lowest BCUT2D eigenvalue weighted by molar-refractivity contribution is -0.122. The van der Waals surface area contributed by atoms with E-state index >= 15 is 0 Å². The zero-order chi connectivity index (χ0) is 13.9. The Balaban J connectivity index is 2.17. The van der Waals surface area contributed by atoms with Crippen LogP contribution in [-0.2, 0) is 4.79 Å². The van der Waals surface area contributed by atoms with E-state index in [0.717, 1.165) is 32.2 Å². The molecule has 1 unspecified atom stereocenters. The first-order valence-corrected chi connectivity index (χ1v) is 7.38. The predicted molar refractivity (Wildman–Crippen MR) is 77.6 cm³/mol. The zero-order valence-electron chi connectivity index (χ0n) is 10.9. The van der Waals surface area contributed by atoms with Crippen LogP contribution in [0.3, 0.4) is 0 Å². The first-order chi connectivity index (χ1) is 9.07. The van der Waals surface area contributed by atoms with Crippen molar-refractivity contribution in [2.75, 3.05) is 11.9 Å². The fourth-order valence-electron chi connectivity index (χ4n) is 2.59. The maximum absolute atomic E-state index is 13.2. The molecular formula is C14H18BrFN2O. The van der Waals surface area contributed by atoms with Gasteiger partial charge in [-0.1, -0.05) is 13.3 Å². The number of hydrogen-bond acceptors (Lipinski definition) is 2. The van der Waals surface area contributed by atoms with Crippen LogP contribution in [0, 0.1) is 5.82 Å². The number of carbonyl (C=O) groups excluding carboxylic acids is 1. The van der Waals surface area contributed by atoms with Crippen LogP contribution in [0.5, 0.6) is 0 Å². The van der Waals surface area contributed by atoms with Crippen LogP contribution >= 0.6 is 15.9 Å². The summed E-state index contributed by atoms with van der Waals surface area (Å²) in [5.74, 6) is -0.430. The van der Waals surface area contributed by atoms with Gasteiger partial charge in [0.2, 0.25) is 5.91 Å². The lowest BCUT2D eigenvalue weighted by Gasteiger charge is -2.28. The third kappa shape index (κ3) is 3.15. The van der Waals surface area contributed by atoms with Crippen molar-refractivity contribution in [3.05, 3.63) is 28.5 Å². The number of amides is 1. The van der Waals surface area contributed by atoms with Gasteiger partial charge >= 0.3 is 0 Å². The van der Waals surface area contributed by atoms with E-state index in [4.69, 9.17) is 0 Å². The molecule has 1 aromatic carbocycles. The summed E-state index contributed by atoms with van der Waals surface area (Å²) < 4.78 is 13.9. The Hall–Kier alpha value is -0.940. The molecule has 1 aliphatic rings. The van der Waals surface area contributed by atoms with E-state index < -0.39 is 5.54 Å². The molecule has 0 radical (unpaired) electrons. The molecule has 1 atom stereocenters. The summed E-state index contributed by atoms with van der Waals surface area (Å²) >= 11 is 3.32. The first kappa shape index (κ1) is 14.5. The van der Waals surface area contributed by atoms with Crippen molar-refractivity contribution in [3.63, 3.8) is 0 Å². The van der Waals surface area contributed by atoms with Gasteiger partial charge in [0, 0.05) is 4.47 Å². The maximum Gasteiger partial charge on any atom is 0.244 e. The number of halogens is 2. The Morgan fingerprint density at radius 1 is 1.58 bits per heavy atom. The molecule has 0 bridgehead atoms. The van der Waals surface area contributed by atoms with Crippen LogP contribution in [0.1, 0.15) is 32.6 Å². The molecule has 1 amide bonds. The highest BCUT2D eigenvalue weighted by molar-refractivity contribution is 9.10. The minimum absolute atomic E-state index is 0.0712. The average molecular weight is 329 g/mol. The Kier molecular flexibility index (Phi) is 4.58. The number of rotatable bonds is 4. The molecule has 0 saturated carbocycles. The molecule has 1 aromatic rings. The first-order valence-electron chi connectivity index (χ1n) is 6.59. The number of hydrogen-bond donors (Lipinski definition) is 2. The van der Waals surface area contributed by atoms with E-state index in [1.807, 2.05) is 0 Å². The predicted octanol–water partition coefficient (Wildman–Crippen LogP) is 3.45. The Bertz CT molecular complexity index is 473. The third-order valence-corrected chi connectivity index (χ3v) is 4.22. The van der Waals surface area contributed by atoms with E-state index in [1.54, 1.807) is 6.07 Å². The summed E-state index contributed by atoms with van der Waals surface area (Å²) in [5, 5.41) is 6.13. The van der Waals surface area contributed by atoms with Gasteiger partial charge in [-0.15, -0.1) is 0 Å². The van der Waals surface area contributed by atoms with Gasteiger partial charge in [0.25, 0.3) is 0 Å². The SMILES string of the molecule is CCCC1(C(=O)Nc2cc(F)ccc2Br)CCCN1. The zero-order valence-corrected chi connectivity index (χ0v) is 12.5. The Morgan fingerprint density at radius 2 is 2.37 bits per heavy atom. The van der Waals surface area contributed by atoms with E-state index in [9.17, 15) is 9.18 Å². The lowest BCUT2D eigenvalue weighted by Crippen LogP contribution is -2.50. The van der Waals surface area contributed by atoms with Gasteiger partial charge in [-0.2, -0.15) is 0 Å². The fourth-order valence-corrected chi connectivity index (χ4v) is 2.93. The van der Waals surface area contributed by atoms with Crippen molar-refractivity contribution in [3.8, 4) is 0 Å². The van der Waals surface area contributed by atoms with Gasteiger partial charge in [-0.25, -0.2) is 4.39 Å². The van der Waals surface area contributed by atoms with Gasteiger partial charge < -0.3 is 10.6 Å². The van der Waals surface area contributed by atoms with E-state index in [-0.39, 0.29) is 11.7 Å². The summed E-state index contributed by atoms with van der Waals surface area (Å²) in [6, 6.07) is 4.28. The summed E-state index contributed by atoms with van der Waals surface area (Å²) in [6.45, 7) is 2.92. The number of anilines is 1. The van der Waals surface area contributed by atoms with Crippen molar-refractivity contribution in [2.24, 2.45) is 0 Å². The molecule has 0 aliphatic carbocycles. The molecule has 2 N–H and O–H groups in total. The monoisotopic (exact) mass is 328 g/mol. The van der Waals surface area contributed by atoms with Crippen LogP contribution in [0.25, 0.3) is 0 Å². The van der Waals surface area contributed by atoms with E-state index in [0.29, 0.717) is 10.2 Å². The van der Waals surface area contributed by atoms with Crippen molar-refractivity contribution in [1.82, 2.24) is 5.32 Å². The molecule has 1 aliphatic heterocycles. The second-order valence-electron chi connectivity index (χ2n) is 4.94. The topological polar surface area (TPSA) is 41.1 Å². The number of benzene rings is 1. The second kappa shape index (κ2) is 6.01. The minimum atomic E-state index is -0.499. The molecule has 1 heterocycles. The van der Waals surface area contributed by atoms with Crippen LogP contribution in [0.2, 0.25) is 0 Å². The summed E-state index contributed by atoms with van der Waals surface area (Å²) in [4.78, 5) is 12.5. The van der Waals surface area contributed by atoms with Crippen molar-refractivity contribution in [1.29, 1.82) is 0 Å². The molecule has 2 rings (SSSR count). The summed E-state index contributed by atoms with van der Waals surface area (Å²) in [7, 11) is 0. The van der Waals surface area contributed by atoms with Crippen LogP contribution in [0.4, 0.5) is 10.1 Å². The summed E-state index contributed by atoms with van der Waals surface area (Å²) in [6.07, 6.45) is 3.56. The van der Waals surface area contributed by atoms with Crippen LogP contribution in [0.15, 0.2) is 22.7 Å². The van der Waals surface area contributed by atoms with Crippen molar-refractivity contribution in [2.45, 2.75) is 38.1 Å². The highest BCUT2D eigenvalue weighted by Gasteiger charge is 2.40. The molecule has 104 valence electrons. The molecule has 0 spiro atoms. The molecule has 0 aromatic heterocycles. The van der Waals surface area contributed by atoms with Crippen LogP contribution < -0.4 is 10.6 Å². The lowest BCUT2D eigenvalue weighted by atomic mass is 9.91. The van der Waals surface area contributed by atoms with Gasteiger partial charge in [-0.3, -0.25) is 4.79 Å². The average Bonchev–Trinajstić information content (AvgIpc) is 2.84.